The maximum Gasteiger partial charge on any atom is 0.164 e. The molecule has 4 rings (SSSR count). The molecule has 1 fully saturated rings. The molecule has 2 N–H and O–H groups in total. The molecule has 0 aliphatic carbocycles. The Bertz CT molecular complexity index is 1090. The molecule has 1 saturated heterocycles. The molecule has 0 atom stereocenters. The van der Waals surface area contributed by atoms with Crippen LogP contribution in [0.3, 0.4) is 0 Å². The third-order valence-corrected chi connectivity index (χ3v) is 6.06. The van der Waals surface area contributed by atoms with Crippen molar-refractivity contribution >= 4 is 17.3 Å². The summed E-state index contributed by atoms with van der Waals surface area (Å²) >= 11 is 0. The van der Waals surface area contributed by atoms with Crippen LogP contribution in [0.15, 0.2) is 60.7 Å². The zero-order valence-electron chi connectivity index (χ0n) is 18.4. The molecule has 1 aromatic heterocycles. The Balaban J connectivity index is 1.34. The number of carbonyl (C=O) groups excluding carboxylic acids is 1. The first kappa shape index (κ1) is 22.0. The zero-order chi connectivity index (χ0) is 22.5. The summed E-state index contributed by atoms with van der Waals surface area (Å²) < 4.78 is 14.7. The summed E-state index contributed by atoms with van der Waals surface area (Å²) in [6, 6.07) is 18.5. The lowest BCUT2D eigenvalue weighted by molar-refractivity contribution is 0.0988. The molecule has 32 heavy (non-hydrogen) atoms. The van der Waals surface area contributed by atoms with Gasteiger partial charge in [-0.25, -0.2) is 9.37 Å². The van der Waals surface area contributed by atoms with Gasteiger partial charge in [0.1, 0.15) is 11.6 Å². The monoisotopic (exact) mass is 432 g/mol. The Kier molecular flexibility index (Phi) is 6.81. The molecule has 6 heteroatoms. The van der Waals surface area contributed by atoms with Gasteiger partial charge in [0.2, 0.25) is 0 Å². The number of Topliss-reactive ketones (excluding diaryl/α,β-unsaturated/α-hetero) is 1. The number of nitrogens with two attached hydrogens (primary N) is 1. The predicted octanol–water partition coefficient (Wildman–Crippen LogP) is 4.43. The lowest BCUT2D eigenvalue weighted by Gasteiger charge is -2.37. The molecular formula is C26H29FN4O. The first-order chi connectivity index (χ1) is 15.5. The fourth-order valence-corrected chi connectivity index (χ4v) is 4.19. The maximum atomic E-state index is 14.7. The molecule has 166 valence electrons. The second-order valence-electron chi connectivity index (χ2n) is 8.13. The summed E-state index contributed by atoms with van der Waals surface area (Å²) in [5.74, 6) is 0.389. The van der Waals surface area contributed by atoms with E-state index in [1.807, 2.05) is 55.5 Å². The quantitative estimate of drug-likeness (QED) is 0.560. The average Bonchev–Trinajstić information content (AvgIpc) is 2.83. The van der Waals surface area contributed by atoms with Crippen molar-refractivity contribution in [1.82, 2.24) is 9.88 Å². The van der Waals surface area contributed by atoms with E-state index in [4.69, 9.17) is 5.73 Å². The number of para-hydroxylation sites is 1. The lowest BCUT2D eigenvalue weighted by Crippen LogP contribution is -2.47. The summed E-state index contributed by atoms with van der Waals surface area (Å²) in [4.78, 5) is 21.2. The van der Waals surface area contributed by atoms with Crippen LogP contribution in [0.2, 0.25) is 0 Å². The van der Waals surface area contributed by atoms with Crippen LogP contribution < -0.4 is 10.6 Å². The Morgan fingerprint density at radius 1 is 1.03 bits per heavy atom. The minimum absolute atomic E-state index is 0.176. The largest absolute Gasteiger partial charge is 0.384 e. The Hall–Kier alpha value is -3.25. The third-order valence-electron chi connectivity index (χ3n) is 6.06. The van der Waals surface area contributed by atoms with E-state index in [2.05, 4.69) is 14.8 Å². The van der Waals surface area contributed by atoms with Gasteiger partial charge in [0.25, 0.3) is 0 Å². The number of rotatable bonds is 7. The second-order valence-corrected chi connectivity index (χ2v) is 8.13. The first-order valence-corrected chi connectivity index (χ1v) is 11.2. The number of ketones is 1. The van der Waals surface area contributed by atoms with Crippen LogP contribution >= 0.6 is 0 Å². The highest BCUT2D eigenvalue weighted by atomic mass is 19.1. The number of hydrogen-bond donors (Lipinski definition) is 1. The summed E-state index contributed by atoms with van der Waals surface area (Å²) in [5.41, 5.74) is 9.68. The molecule has 0 spiro atoms. The fraction of sp³-hybridized carbons (Fsp3) is 0.308. The molecule has 3 aromatic rings. The van der Waals surface area contributed by atoms with Gasteiger partial charge >= 0.3 is 0 Å². The molecule has 1 aliphatic heterocycles. The van der Waals surface area contributed by atoms with Gasteiger partial charge in [-0.1, -0.05) is 37.3 Å². The van der Waals surface area contributed by atoms with E-state index in [0.717, 1.165) is 49.5 Å². The van der Waals surface area contributed by atoms with Crippen LogP contribution in [0.1, 0.15) is 29.3 Å². The number of nitrogen functional groups attached to an aromatic ring is 1. The molecule has 0 amide bonds. The highest BCUT2D eigenvalue weighted by Gasteiger charge is 2.21. The van der Waals surface area contributed by atoms with E-state index >= 15 is 0 Å². The second kappa shape index (κ2) is 9.92. The number of hydrogen-bond acceptors (Lipinski definition) is 5. The molecule has 0 bridgehead atoms. The van der Waals surface area contributed by atoms with Crippen LogP contribution in [0, 0.1) is 5.82 Å². The van der Waals surface area contributed by atoms with E-state index in [1.165, 1.54) is 6.07 Å². The van der Waals surface area contributed by atoms with Crippen molar-refractivity contribution in [2.75, 3.05) is 43.4 Å². The van der Waals surface area contributed by atoms with E-state index in [0.29, 0.717) is 29.9 Å². The summed E-state index contributed by atoms with van der Waals surface area (Å²) in [5, 5.41) is 0. The number of aromatic nitrogens is 1. The van der Waals surface area contributed by atoms with Gasteiger partial charge in [-0.15, -0.1) is 0 Å². The van der Waals surface area contributed by atoms with E-state index in [-0.39, 0.29) is 11.6 Å². The topological polar surface area (TPSA) is 62.5 Å². The average molecular weight is 433 g/mol. The Morgan fingerprint density at radius 2 is 1.81 bits per heavy atom. The number of benzene rings is 2. The van der Waals surface area contributed by atoms with Crippen LogP contribution in [0.5, 0.6) is 0 Å². The number of pyridine rings is 1. The Morgan fingerprint density at radius 3 is 2.53 bits per heavy atom. The van der Waals surface area contributed by atoms with E-state index in [9.17, 15) is 9.18 Å². The van der Waals surface area contributed by atoms with Crippen LogP contribution in [-0.2, 0) is 6.42 Å². The third kappa shape index (κ3) is 4.97. The predicted molar refractivity (Wildman–Crippen MR) is 127 cm³/mol. The normalized spacial score (nSPS) is 14.5. The van der Waals surface area contributed by atoms with Crippen molar-refractivity contribution in [2.24, 2.45) is 0 Å². The SMILES string of the molecule is CCC(=O)c1ccccc1N1CCN(CCc2ccc(-c3cccc(N)n3)cc2F)CC1. The number of nitrogens with zero attached hydrogens (tertiary/aromatic N) is 3. The summed E-state index contributed by atoms with van der Waals surface area (Å²) in [6.07, 6.45) is 1.16. The summed E-state index contributed by atoms with van der Waals surface area (Å²) in [7, 11) is 0. The minimum Gasteiger partial charge on any atom is -0.384 e. The first-order valence-electron chi connectivity index (χ1n) is 11.2. The Labute approximate surface area is 188 Å². The van der Waals surface area contributed by atoms with Crippen molar-refractivity contribution in [1.29, 1.82) is 0 Å². The molecule has 2 aromatic carbocycles. The molecule has 0 unspecified atom stereocenters. The van der Waals surface area contributed by atoms with Gasteiger partial charge in [-0.05, 0) is 42.3 Å². The van der Waals surface area contributed by atoms with Gasteiger partial charge in [-0.3, -0.25) is 9.69 Å². The van der Waals surface area contributed by atoms with Gasteiger partial charge in [0, 0.05) is 56.0 Å². The molecule has 0 radical (unpaired) electrons. The van der Waals surface area contributed by atoms with Crippen molar-refractivity contribution < 1.29 is 9.18 Å². The van der Waals surface area contributed by atoms with Crippen LogP contribution in [0.25, 0.3) is 11.3 Å². The smallest absolute Gasteiger partial charge is 0.164 e. The highest BCUT2D eigenvalue weighted by Crippen LogP contribution is 2.24. The standard InChI is InChI=1S/C26H29FN4O/c1-2-25(32)21-6-3-4-8-24(21)31-16-14-30(15-17-31)13-12-19-10-11-20(18-22(19)27)23-7-5-9-26(28)29-23/h3-11,18H,2,12-17H2,1H3,(H2,28,29). The summed E-state index contributed by atoms with van der Waals surface area (Å²) in [6.45, 7) is 6.20. The van der Waals surface area contributed by atoms with Crippen molar-refractivity contribution in [3.63, 3.8) is 0 Å². The molecule has 0 saturated carbocycles. The zero-order valence-corrected chi connectivity index (χ0v) is 18.4. The fourth-order valence-electron chi connectivity index (χ4n) is 4.19. The van der Waals surface area contributed by atoms with Crippen molar-refractivity contribution in [2.45, 2.75) is 19.8 Å². The van der Waals surface area contributed by atoms with Crippen LogP contribution in [-0.4, -0.2) is 48.4 Å². The van der Waals surface area contributed by atoms with E-state index in [1.54, 1.807) is 6.07 Å². The van der Waals surface area contributed by atoms with Crippen molar-refractivity contribution in [3.05, 3.63) is 77.6 Å². The minimum atomic E-state index is -0.211. The van der Waals surface area contributed by atoms with Gasteiger partial charge in [0.15, 0.2) is 5.78 Å². The number of piperazine rings is 1. The molecule has 1 aliphatic rings. The highest BCUT2D eigenvalue weighted by molar-refractivity contribution is 6.01. The maximum absolute atomic E-state index is 14.7. The van der Waals surface area contributed by atoms with E-state index < -0.39 is 0 Å². The van der Waals surface area contributed by atoms with Crippen LogP contribution in [0.4, 0.5) is 15.9 Å². The van der Waals surface area contributed by atoms with Crippen molar-refractivity contribution in [3.8, 4) is 11.3 Å². The lowest BCUT2D eigenvalue weighted by atomic mass is 10.0. The number of halogens is 1. The van der Waals surface area contributed by atoms with Gasteiger partial charge < -0.3 is 10.6 Å². The van der Waals surface area contributed by atoms with Gasteiger partial charge in [0.05, 0.1) is 5.69 Å². The van der Waals surface area contributed by atoms with Gasteiger partial charge in [-0.2, -0.15) is 0 Å². The molecular weight excluding hydrogens is 403 g/mol. The molecule has 2 heterocycles. The molecule has 5 nitrogen and oxygen atoms in total. The number of anilines is 2. The number of carbonyl (C=O) groups is 1.